The minimum Gasteiger partial charge on any atom is -0.493 e. The van der Waals surface area contributed by atoms with Crippen LogP contribution in [0.3, 0.4) is 0 Å². The number of carbonyl (C=O) groups excluding carboxylic acids is 2. The van der Waals surface area contributed by atoms with E-state index in [4.69, 9.17) is 13.9 Å². The number of hydrogen-bond donors (Lipinski definition) is 0. The molecular weight excluding hydrogens is 310 g/mol. The molecule has 1 heterocycles. The fourth-order valence-electron chi connectivity index (χ4n) is 2.15. The summed E-state index contributed by atoms with van der Waals surface area (Å²) in [7, 11) is 3.17. The van der Waals surface area contributed by atoms with Gasteiger partial charge in [-0.3, -0.25) is 9.59 Å². The van der Waals surface area contributed by atoms with Gasteiger partial charge in [-0.05, 0) is 44.2 Å². The summed E-state index contributed by atoms with van der Waals surface area (Å²) < 4.78 is 16.2. The number of nitrogens with zero attached hydrogens (tertiary/aromatic N) is 1. The zero-order valence-electron chi connectivity index (χ0n) is 14.3. The van der Waals surface area contributed by atoms with Gasteiger partial charge in [-0.15, -0.1) is 0 Å². The largest absolute Gasteiger partial charge is 0.493 e. The van der Waals surface area contributed by atoms with E-state index in [1.54, 1.807) is 25.2 Å². The number of ether oxygens (including phenoxy) is 2. The number of likely N-dealkylation sites (N-methyl/N-ethyl adjacent to an activating group) is 1. The normalized spacial score (nSPS) is 10.3. The highest BCUT2D eigenvalue weighted by molar-refractivity contribution is 5.94. The van der Waals surface area contributed by atoms with E-state index in [0.717, 1.165) is 5.76 Å². The summed E-state index contributed by atoms with van der Waals surface area (Å²) in [6.07, 6.45) is 0. The van der Waals surface area contributed by atoms with Gasteiger partial charge in [0.05, 0.1) is 13.7 Å². The second-order valence-electron chi connectivity index (χ2n) is 5.47. The minimum absolute atomic E-state index is 0.0654. The van der Waals surface area contributed by atoms with Gasteiger partial charge in [0.2, 0.25) is 0 Å². The van der Waals surface area contributed by atoms with Crippen LogP contribution in [0.1, 0.15) is 28.8 Å². The summed E-state index contributed by atoms with van der Waals surface area (Å²) in [4.78, 5) is 25.1. The summed E-state index contributed by atoms with van der Waals surface area (Å²) in [5.74, 6) is 2.09. The van der Waals surface area contributed by atoms with Gasteiger partial charge < -0.3 is 18.8 Å². The SMILES string of the molecule is COc1cc(C(C)=O)ccc1OCC(=O)N(C)Cc1ccc(C)o1. The van der Waals surface area contributed by atoms with Crippen molar-refractivity contribution in [2.45, 2.75) is 20.4 Å². The number of Topliss-reactive ketones (excluding diaryl/α,β-unsaturated/α-hetero) is 1. The predicted octanol–water partition coefficient (Wildman–Crippen LogP) is 2.84. The Morgan fingerprint density at radius 2 is 1.92 bits per heavy atom. The third-order valence-electron chi connectivity index (χ3n) is 3.54. The predicted molar refractivity (Wildman–Crippen MR) is 88.4 cm³/mol. The fraction of sp³-hybridized carbons (Fsp3) is 0.333. The number of furan rings is 1. The Morgan fingerprint density at radius 3 is 2.50 bits per heavy atom. The second-order valence-corrected chi connectivity index (χ2v) is 5.47. The first kappa shape index (κ1) is 17.6. The topological polar surface area (TPSA) is 69.0 Å². The highest BCUT2D eigenvalue weighted by atomic mass is 16.5. The molecule has 6 nitrogen and oxygen atoms in total. The number of aryl methyl sites for hydroxylation is 1. The van der Waals surface area contributed by atoms with Crippen LogP contribution in [0.15, 0.2) is 34.7 Å². The quantitative estimate of drug-likeness (QED) is 0.730. The zero-order valence-corrected chi connectivity index (χ0v) is 14.3. The zero-order chi connectivity index (χ0) is 17.7. The Labute approximate surface area is 141 Å². The molecule has 0 N–H and O–H groups in total. The highest BCUT2D eigenvalue weighted by Crippen LogP contribution is 2.28. The molecular formula is C18H21NO5. The maximum Gasteiger partial charge on any atom is 0.260 e. The Kier molecular flexibility index (Phi) is 5.63. The third kappa shape index (κ3) is 4.38. The smallest absolute Gasteiger partial charge is 0.260 e. The number of ketones is 1. The second kappa shape index (κ2) is 7.68. The van der Waals surface area contributed by atoms with Crippen molar-refractivity contribution in [3.8, 4) is 11.5 Å². The lowest BCUT2D eigenvalue weighted by Gasteiger charge is -2.17. The maximum absolute atomic E-state index is 12.2. The molecule has 1 aromatic heterocycles. The number of amides is 1. The molecule has 0 atom stereocenters. The summed E-state index contributed by atoms with van der Waals surface area (Å²) in [5, 5.41) is 0. The van der Waals surface area contributed by atoms with E-state index in [9.17, 15) is 9.59 Å². The molecule has 24 heavy (non-hydrogen) atoms. The molecule has 6 heteroatoms. The Morgan fingerprint density at radius 1 is 1.17 bits per heavy atom. The van der Waals surface area contributed by atoms with Gasteiger partial charge in [0, 0.05) is 12.6 Å². The molecule has 0 radical (unpaired) electrons. The van der Waals surface area contributed by atoms with Crippen molar-refractivity contribution in [1.82, 2.24) is 4.90 Å². The van der Waals surface area contributed by atoms with E-state index >= 15 is 0 Å². The number of methoxy groups -OCH3 is 1. The molecule has 0 saturated carbocycles. The average Bonchev–Trinajstić information content (AvgIpc) is 2.97. The molecule has 128 valence electrons. The maximum atomic E-state index is 12.2. The van der Waals surface area contributed by atoms with Crippen molar-refractivity contribution in [3.05, 3.63) is 47.4 Å². The van der Waals surface area contributed by atoms with Gasteiger partial charge in [0.15, 0.2) is 23.9 Å². The van der Waals surface area contributed by atoms with Crippen molar-refractivity contribution in [3.63, 3.8) is 0 Å². The fourth-order valence-corrected chi connectivity index (χ4v) is 2.15. The van der Waals surface area contributed by atoms with E-state index < -0.39 is 0 Å². The number of benzene rings is 1. The van der Waals surface area contributed by atoms with Gasteiger partial charge >= 0.3 is 0 Å². The van der Waals surface area contributed by atoms with Crippen LogP contribution in [0.5, 0.6) is 11.5 Å². The first-order chi connectivity index (χ1) is 11.4. The van der Waals surface area contributed by atoms with E-state index in [1.807, 2.05) is 19.1 Å². The van der Waals surface area contributed by atoms with Crippen LogP contribution in [0, 0.1) is 6.92 Å². The van der Waals surface area contributed by atoms with Crippen LogP contribution < -0.4 is 9.47 Å². The van der Waals surface area contributed by atoms with Crippen molar-refractivity contribution in [2.24, 2.45) is 0 Å². The summed E-state index contributed by atoms with van der Waals surface area (Å²) in [6, 6.07) is 8.55. The summed E-state index contributed by atoms with van der Waals surface area (Å²) >= 11 is 0. The average molecular weight is 331 g/mol. The molecule has 1 amide bonds. The molecule has 2 rings (SSSR count). The van der Waals surface area contributed by atoms with E-state index in [2.05, 4.69) is 0 Å². The van der Waals surface area contributed by atoms with E-state index in [0.29, 0.717) is 29.4 Å². The molecule has 1 aromatic carbocycles. The standard InChI is InChI=1S/C18H21NO5/c1-12-5-7-15(24-12)10-19(3)18(21)11-23-16-8-6-14(13(2)20)9-17(16)22-4/h5-9H,10-11H2,1-4H3. The molecule has 0 saturated heterocycles. The van der Waals surface area contributed by atoms with Gasteiger partial charge in [-0.25, -0.2) is 0 Å². The van der Waals surface area contributed by atoms with Gasteiger partial charge in [-0.1, -0.05) is 0 Å². The van der Waals surface area contributed by atoms with Crippen molar-refractivity contribution in [1.29, 1.82) is 0 Å². The van der Waals surface area contributed by atoms with Crippen LogP contribution in [0.25, 0.3) is 0 Å². The molecule has 0 aliphatic carbocycles. The van der Waals surface area contributed by atoms with Crippen LogP contribution in [-0.2, 0) is 11.3 Å². The van der Waals surface area contributed by atoms with Crippen LogP contribution in [-0.4, -0.2) is 37.4 Å². The number of carbonyl (C=O) groups is 2. The highest BCUT2D eigenvalue weighted by Gasteiger charge is 2.14. The van der Waals surface area contributed by atoms with Gasteiger partial charge in [0.1, 0.15) is 11.5 Å². The third-order valence-corrected chi connectivity index (χ3v) is 3.54. The summed E-state index contributed by atoms with van der Waals surface area (Å²) in [6.45, 7) is 3.57. The Hall–Kier alpha value is -2.76. The van der Waals surface area contributed by atoms with Crippen LogP contribution in [0.2, 0.25) is 0 Å². The Balaban J connectivity index is 1.96. The number of rotatable bonds is 7. The van der Waals surface area contributed by atoms with Crippen LogP contribution >= 0.6 is 0 Å². The molecule has 0 bridgehead atoms. The lowest BCUT2D eigenvalue weighted by Crippen LogP contribution is -2.30. The van der Waals surface area contributed by atoms with Gasteiger partial charge in [-0.2, -0.15) is 0 Å². The molecule has 0 fully saturated rings. The van der Waals surface area contributed by atoms with E-state index in [1.165, 1.54) is 18.9 Å². The monoisotopic (exact) mass is 331 g/mol. The summed E-state index contributed by atoms with van der Waals surface area (Å²) in [5.41, 5.74) is 0.524. The lowest BCUT2D eigenvalue weighted by molar-refractivity contribution is -0.132. The lowest BCUT2D eigenvalue weighted by atomic mass is 10.1. The molecule has 2 aromatic rings. The number of hydrogen-bond acceptors (Lipinski definition) is 5. The molecule has 0 aliphatic heterocycles. The molecule has 0 aliphatic rings. The van der Waals surface area contributed by atoms with Gasteiger partial charge in [0.25, 0.3) is 5.91 Å². The molecule has 0 spiro atoms. The van der Waals surface area contributed by atoms with Crippen LogP contribution in [0.4, 0.5) is 0 Å². The van der Waals surface area contributed by atoms with Crippen molar-refractivity contribution < 1.29 is 23.5 Å². The first-order valence-electron chi connectivity index (χ1n) is 7.51. The van der Waals surface area contributed by atoms with E-state index in [-0.39, 0.29) is 18.3 Å². The molecule has 0 unspecified atom stereocenters. The first-order valence-corrected chi connectivity index (χ1v) is 7.51. The minimum atomic E-state index is -0.193. The van der Waals surface area contributed by atoms with Crippen molar-refractivity contribution in [2.75, 3.05) is 20.8 Å². The van der Waals surface area contributed by atoms with Crippen molar-refractivity contribution >= 4 is 11.7 Å². The Bertz CT molecular complexity index is 735.